The number of carbonyl (C=O) groups is 2. The summed E-state index contributed by atoms with van der Waals surface area (Å²) in [6.07, 6.45) is 4.01. The van der Waals surface area contributed by atoms with Crippen molar-refractivity contribution >= 4 is 62.3 Å². The largest absolute Gasteiger partial charge is 0.352 e. The third kappa shape index (κ3) is 8.42. The number of nitrogens with one attached hydrogen (secondary N) is 1. The van der Waals surface area contributed by atoms with Crippen LogP contribution in [-0.2, 0) is 32.6 Å². The van der Waals surface area contributed by atoms with Gasteiger partial charge in [-0.05, 0) is 66.4 Å². The summed E-state index contributed by atoms with van der Waals surface area (Å²) in [6, 6.07) is 27.7. The molecule has 1 atom stereocenters. The van der Waals surface area contributed by atoms with Crippen molar-refractivity contribution in [3.05, 3.63) is 129 Å². The molecule has 4 aromatic rings. The molecule has 1 N–H and O–H groups in total. The van der Waals surface area contributed by atoms with Crippen LogP contribution < -0.4 is 9.62 Å². The SMILES string of the molecule is O=C(NC1CCCC1)[C@H](Cc1ccccc1)N(Cc1ccc(Cl)cc1)C(=O)CN(c1ccc(Cl)cc1Cl)S(=O)(=O)c1ccccc1. The van der Waals surface area contributed by atoms with Crippen LogP contribution in [0.2, 0.25) is 15.1 Å². The van der Waals surface area contributed by atoms with Gasteiger partial charge in [-0.25, -0.2) is 8.42 Å². The highest BCUT2D eigenvalue weighted by atomic mass is 35.5. The van der Waals surface area contributed by atoms with Gasteiger partial charge in [-0.3, -0.25) is 13.9 Å². The van der Waals surface area contributed by atoms with E-state index in [1.807, 2.05) is 30.3 Å². The van der Waals surface area contributed by atoms with Crippen LogP contribution >= 0.6 is 34.8 Å². The summed E-state index contributed by atoms with van der Waals surface area (Å²) in [5.41, 5.74) is 1.67. The normalized spacial score (nSPS) is 14.1. The van der Waals surface area contributed by atoms with Gasteiger partial charge in [-0.15, -0.1) is 0 Å². The average Bonchev–Trinajstić information content (AvgIpc) is 3.56. The molecule has 1 aliphatic carbocycles. The molecule has 0 bridgehead atoms. The van der Waals surface area contributed by atoms with Crippen LogP contribution in [0.3, 0.4) is 0 Å². The van der Waals surface area contributed by atoms with E-state index < -0.39 is 28.5 Å². The van der Waals surface area contributed by atoms with Gasteiger partial charge in [0.05, 0.1) is 15.6 Å². The molecule has 0 heterocycles. The fourth-order valence-corrected chi connectivity index (χ4v) is 7.77. The molecule has 1 saturated carbocycles. The van der Waals surface area contributed by atoms with Crippen molar-refractivity contribution in [3.8, 4) is 0 Å². The van der Waals surface area contributed by atoms with Crippen LogP contribution in [0.5, 0.6) is 0 Å². The van der Waals surface area contributed by atoms with Crippen LogP contribution in [0.25, 0.3) is 0 Å². The molecule has 1 fully saturated rings. The van der Waals surface area contributed by atoms with E-state index in [0.717, 1.165) is 41.1 Å². The summed E-state index contributed by atoms with van der Waals surface area (Å²) in [5.74, 6) is -0.872. The van der Waals surface area contributed by atoms with E-state index in [0.29, 0.717) is 10.0 Å². The number of anilines is 1. The summed E-state index contributed by atoms with van der Waals surface area (Å²) in [5, 5.41) is 4.06. The predicted octanol–water partition coefficient (Wildman–Crippen LogP) is 7.54. The third-order valence-electron chi connectivity index (χ3n) is 8.03. The van der Waals surface area contributed by atoms with Gasteiger partial charge in [-0.1, -0.05) is 108 Å². The smallest absolute Gasteiger partial charge is 0.264 e. The zero-order chi connectivity index (χ0) is 32.7. The monoisotopic (exact) mass is 697 g/mol. The Kier molecular flexibility index (Phi) is 11.3. The summed E-state index contributed by atoms with van der Waals surface area (Å²) in [6.45, 7) is -0.576. The highest BCUT2D eigenvalue weighted by molar-refractivity contribution is 7.92. The second-order valence-corrected chi connectivity index (χ2v) is 14.4. The van der Waals surface area contributed by atoms with Gasteiger partial charge in [0.15, 0.2) is 0 Å². The zero-order valence-corrected chi connectivity index (χ0v) is 28.1. The molecule has 0 unspecified atom stereocenters. The second-order valence-electron chi connectivity index (χ2n) is 11.3. The molecule has 0 spiro atoms. The summed E-state index contributed by atoms with van der Waals surface area (Å²) >= 11 is 18.9. The molecule has 11 heteroatoms. The van der Waals surface area contributed by atoms with Gasteiger partial charge in [0.25, 0.3) is 10.0 Å². The zero-order valence-electron chi connectivity index (χ0n) is 25.0. The Hall–Kier alpha value is -3.56. The standard InChI is InChI=1S/C35H34Cl3N3O4S/c36-27-17-15-26(16-18-27)23-40(33(21-25-9-3-1-4-10-25)35(43)39-29-11-7-8-12-29)34(42)24-41(32-20-19-28(37)22-31(32)38)46(44,45)30-13-5-2-6-14-30/h1-6,9-10,13-20,22,29,33H,7-8,11-12,21,23-24H2,(H,39,43)/t33-/m0/s1. The Balaban J connectivity index is 1.57. The van der Waals surface area contributed by atoms with Crippen LogP contribution in [0.4, 0.5) is 5.69 Å². The Bertz CT molecular complexity index is 1750. The maximum atomic E-state index is 14.6. The van der Waals surface area contributed by atoms with Crippen LogP contribution in [0.1, 0.15) is 36.8 Å². The maximum Gasteiger partial charge on any atom is 0.264 e. The van der Waals surface area contributed by atoms with Gasteiger partial charge >= 0.3 is 0 Å². The molecule has 46 heavy (non-hydrogen) atoms. The van der Waals surface area contributed by atoms with E-state index in [9.17, 15) is 18.0 Å². The molecule has 0 radical (unpaired) electrons. The number of sulfonamides is 1. The topological polar surface area (TPSA) is 86.8 Å². The van der Waals surface area contributed by atoms with Crippen molar-refractivity contribution in [2.45, 2.75) is 55.6 Å². The first-order chi connectivity index (χ1) is 22.1. The molecular formula is C35H34Cl3N3O4S. The number of hydrogen-bond acceptors (Lipinski definition) is 4. The minimum absolute atomic E-state index is 0.0149. The van der Waals surface area contributed by atoms with Gasteiger partial charge in [0.2, 0.25) is 11.8 Å². The number of carbonyl (C=O) groups excluding carboxylic acids is 2. The number of amides is 2. The first kappa shape index (κ1) is 33.8. The Morgan fingerprint density at radius 3 is 2.02 bits per heavy atom. The molecule has 5 rings (SSSR count). The highest BCUT2D eigenvalue weighted by Gasteiger charge is 2.36. The predicted molar refractivity (Wildman–Crippen MR) is 184 cm³/mol. The molecule has 1 aliphatic rings. The maximum absolute atomic E-state index is 14.6. The summed E-state index contributed by atoms with van der Waals surface area (Å²) in [4.78, 5) is 30.1. The first-order valence-electron chi connectivity index (χ1n) is 15.0. The third-order valence-corrected chi connectivity index (χ3v) is 10.6. The van der Waals surface area contributed by atoms with E-state index in [-0.39, 0.29) is 40.5 Å². The Morgan fingerprint density at radius 2 is 1.39 bits per heavy atom. The summed E-state index contributed by atoms with van der Waals surface area (Å²) in [7, 11) is -4.28. The quantitative estimate of drug-likeness (QED) is 0.166. The van der Waals surface area contributed by atoms with E-state index in [2.05, 4.69) is 5.32 Å². The average molecular weight is 699 g/mol. The lowest BCUT2D eigenvalue weighted by Crippen LogP contribution is -2.54. The number of halogens is 3. The van der Waals surface area contributed by atoms with Gasteiger partial charge in [0.1, 0.15) is 12.6 Å². The van der Waals surface area contributed by atoms with Crippen molar-refractivity contribution in [1.82, 2.24) is 10.2 Å². The molecule has 0 saturated heterocycles. The lowest BCUT2D eigenvalue weighted by Gasteiger charge is -2.34. The summed E-state index contributed by atoms with van der Waals surface area (Å²) < 4.78 is 29.2. The van der Waals surface area contributed by atoms with E-state index in [4.69, 9.17) is 34.8 Å². The second kappa shape index (κ2) is 15.4. The van der Waals surface area contributed by atoms with Crippen molar-refractivity contribution in [2.75, 3.05) is 10.8 Å². The van der Waals surface area contributed by atoms with E-state index >= 15 is 0 Å². The van der Waals surface area contributed by atoms with Crippen LogP contribution in [-0.4, -0.2) is 43.8 Å². The number of rotatable bonds is 12. The molecular weight excluding hydrogens is 665 g/mol. The molecule has 0 aliphatic heterocycles. The van der Waals surface area contributed by atoms with Crippen LogP contribution in [0, 0.1) is 0 Å². The van der Waals surface area contributed by atoms with Gasteiger partial charge < -0.3 is 10.2 Å². The van der Waals surface area contributed by atoms with E-state index in [1.165, 1.54) is 35.2 Å². The number of benzene rings is 4. The van der Waals surface area contributed by atoms with Crippen molar-refractivity contribution < 1.29 is 18.0 Å². The minimum Gasteiger partial charge on any atom is -0.352 e. The molecule has 2 amide bonds. The van der Waals surface area contributed by atoms with Crippen molar-refractivity contribution in [1.29, 1.82) is 0 Å². The van der Waals surface area contributed by atoms with Gasteiger partial charge in [0, 0.05) is 29.1 Å². The lowest BCUT2D eigenvalue weighted by atomic mass is 10.0. The van der Waals surface area contributed by atoms with E-state index in [1.54, 1.807) is 42.5 Å². The highest BCUT2D eigenvalue weighted by Crippen LogP contribution is 2.33. The fourth-order valence-electron chi connectivity index (χ4n) is 5.62. The molecule has 0 aromatic heterocycles. The number of hydrogen-bond donors (Lipinski definition) is 1. The lowest BCUT2D eigenvalue weighted by molar-refractivity contribution is -0.140. The van der Waals surface area contributed by atoms with Crippen molar-refractivity contribution in [3.63, 3.8) is 0 Å². The molecule has 240 valence electrons. The van der Waals surface area contributed by atoms with Crippen LogP contribution in [0.15, 0.2) is 108 Å². The van der Waals surface area contributed by atoms with Crippen molar-refractivity contribution in [2.24, 2.45) is 0 Å². The Labute approximate surface area is 285 Å². The number of nitrogens with zero attached hydrogens (tertiary/aromatic N) is 2. The fraction of sp³-hybridized carbons (Fsp3) is 0.257. The molecule has 7 nitrogen and oxygen atoms in total. The minimum atomic E-state index is -4.28. The van der Waals surface area contributed by atoms with Gasteiger partial charge in [-0.2, -0.15) is 0 Å². The Morgan fingerprint density at radius 1 is 0.783 bits per heavy atom. The first-order valence-corrected chi connectivity index (χ1v) is 17.6. The molecule has 4 aromatic carbocycles.